The molecular weight excluding hydrogens is 380 g/mol. The van der Waals surface area contributed by atoms with Gasteiger partial charge in [-0.2, -0.15) is 0 Å². The Bertz CT molecular complexity index is 1150. The minimum atomic E-state index is -1.27. The Labute approximate surface area is 163 Å². The summed E-state index contributed by atoms with van der Waals surface area (Å²) in [6.07, 6.45) is 1.80. The number of fused-ring (bicyclic) bond motifs is 1. The second kappa shape index (κ2) is 7.57. The van der Waals surface area contributed by atoms with E-state index in [1.54, 1.807) is 6.20 Å². The van der Waals surface area contributed by atoms with Gasteiger partial charge in [0.25, 0.3) is 11.1 Å². The van der Waals surface area contributed by atoms with Crippen molar-refractivity contribution in [2.24, 2.45) is 0 Å². The van der Waals surface area contributed by atoms with Crippen molar-refractivity contribution in [2.45, 2.75) is 5.22 Å². The van der Waals surface area contributed by atoms with Gasteiger partial charge in [-0.15, -0.1) is 10.2 Å². The molecule has 0 aliphatic carbocycles. The van der Waals surface area contributed by atoms with Crippen molar-refractivity contribution in [3.8, 4) is 11.5 Å². The second-order valence-electron chi connectivity index (χ2n) is 5.82. The fourth-order valence-corrected chi connectivity index (χ4v) is 3.20. The summed E-state index contributed by atoms with van der Waals surface area (Å²) in [7, 11) is 0. The molecule has 0 spiro atoms. The number of aromatic carboxylic acids is 1. The van der Waals surface area contributed by atoms with E-state index in [1.165, 1.54) is 24.3 Å². The normalized spacial score (nSPS) is 10.9. The van der Waals surface area contributed by atoms with E-state index in [9.17, 15) is 14.7 Å². The highest BCUT2D eigenvalue weighted by Crippen LogP contribution is 2.29. The molecule has 2 N–H and O–H groups in total. The first-order valence-electron chi connectivity index (χ1n) is 8.24. The summed E-state index contributed by atoms with van der Waals surface area (Å²) in [5, 5.41) is 22.7. The van der Waals surface area contributed by atoms with Crippen LogP contribution in [0.25, 0.3) is 22.4 Å². The first-order valence-corrected chi connectivity index (χ1v) is 9.23. The molecule has 0 aliphatic rings. The highest BCUT2D eigenvalue weighted by molar-refractivity contribution is 7.99. The quantitative estimate of drug-likeness (QED) is 0.482. The van der Waals surface area contributed by atoms with Crippen LogP contribution in [0.1, 0.15) is 10.4 Å². The molecule has 2 heterocycles. The summed E-state index contributed by atoms with van der Waals surface area (Å²) in [6, 6.07) is 13.5. The third-order valence-corrected chi connectivity index (χ3v) is 4.78. The molecule has 0 saturated heterocycles. The van der Waals surface area contributed by atoms with E-state index in [2.05, 4.69) is 20.5 Å². The highest BCUT2D eigenvalue weighted by Gasteiger charge is 2.14. The number of nitrogens with zero attached hydrogens (tertiary/aromatic N) is 2. The van der Waals surface area contributed by atoms with Crippen LogP contribution in [0.3, 0.4) is 0 Å². The molecule has 4 rings (SSSR count). The number of nitrogens with one attached hydrogen (secondary N) is 2. The average molecular weight is 393 g/mol. The van der Waals surface area contributed by atoms with Gasteiger partial charge in [-0.3, -0.25) is 4.79 Å². The van der Waals surface area contributed by atoms with Gasteiger partial charge in [-0.1, -0.05) is 42.1 Å². The first-order chi connectivity index (χ1) is 13.6. The zero-order valence-corrected chi connectivity index (χ0v) is 15.2. The number of aromatic amines is 1. The predicted molar refractivity (Wildman–Crippen MR) is 102 cm³/mol. The Kier molecular flexibility index (Phi) is 4.81. The third kappa shape index (κ3) is 3.74. The van der Waals surface area contributed by atoms with Crippen LogP contribution in [0, 0.1) is 0 Å². The van der Waals surface area contributed by atoms with Gasteiger partial charge >= 0.3 is 0 Å². The molecule has 2 aromatic carbocycles. The van der Waals surface area contributed by atoms with Crippen LogP contribution in [-0.4, -0.2) is 32.8 Å². The minimum absolute atomic E-state index is 0.0445. The topological polar surface area (TPSA) is 124 Å². The van der Waals surface area contributed by atoms with Crippen molar-refractivity contribution in [1.82, 2.24) is 15.2 Å². The number of para-hydroxylation sites is 1. The summed E-state index contributed by atoms with van der Waals surface area (Å²) < 4.78 is 5.65. The van der Waals surface area contributed by atoms with E-state index in [4.69, 9.17) is 4.42 Å². The van der Waals surface area contributed by atoms with Gasteiger partial charge < -0.3 is 24.6 Å². The molecule has 9 heteroatoms. The smallest absolute Gasteiger partial charge is 0.277 e. The van der Waals surface area contributed by atoms with E-state index in [0.717, 1.165) is 28.2 Å². The maximum atomic E-state index is 12.1. The molecular formula is C19H13N4O4S-. The summed E-state index contributed by atoms with van der Waals surface area (Å²) in [6.45, 7) is 0. The van der Waals surface area contributed by atoms with Gasteiger partial charge in [-0.25, -0.2) is 0 Å². The number of hydrogen-bond donors (Lipinski definition) is 2. The van der Waals surface area contributed by atoms with E-state index in [1.807, 2.05) is 24.3 Å². The molecule has 0 aliphatic heterocycles. The van der Waals surface area contributed by atoms with Gasteiger partial charge in [0.1, 0.15) is 0 Å². The SMILES string of the molecule is O=C(CSc1nnc(-c2c[nH]c3ccccc23)o1)Nc1ccc(C(=O)[O-])cc1. The number of carbonyl (C=O) groups is 2. The van der Waals surface area contributed by atoms with Gasteiger partial charge in [-0.05, 0) is 23.8 Å². The fraction of sp³-hybridized carbons (Fsp3) is 0.0526. The molecule has 2 aromatic heterocycles. The highest BCUT2D eigenvalue weighted by atomic mass is 32.2. The molecule has 0 unspecified atom stereocenters. The van der Waals surface area contributed by atoms with Crippen molar-refractivity contribution in [3.05, 3.63) is 60.3 Å². The number of anilines is 1. The molecule has 28 heavy (non-hydrogen) atoms. The summed E-state index contributed by atoms with van der Waals surface area (Å²) >= 11 is 1.11. The Morgan fingerprint density at radius 2 is 1.89 bits per heavy atom. The molecule has 8 nitrogen and oxygen atoms in total. The third-order valence-electron chi connectivity index (χ3n) is 3.96. The zero-order valence-electron chi connectivity index (χ0n) is 14.3. The lowest BCUT2D eigenvalue weighted by Gasteiger charge is -2.06. The van der Waals surface area contributed by atoms with Crippen LogP contribution in [0.5, 0.6) is 0 Å². The predicted octanol–water partition coefficient (Wildman–Crippen LogP) is 2.31. The molecule has 0 bridgehead atoms. The van der Waals surface area contributed by atoms with E-state index in [0.29, 0.717) is 11.6 Å². The van der Waals surface area contributed by atoms with Crippen LogP contribution in [0.15, 0.2) is 64.4 Å². The number of aromatic nitrogens is 3. The van der Waals surface area contributed by atoms with Gasteiger partial charge in [0, 0.05) is 22.8 Å². The van der Waals surface area contributed by atoms with Crippen molar-refractivity contribution >= 4 is 40.2 Å². The van der Waals surface area contributed by atoms with Gasteiger partial charge in [0.15, 0.2) is 0 Å². The Morgan fingerprint density at radius 1 is 1.11 bits per heavy atom. The van der Waals surface area contributed by atoms with E-state index < -0.39 is 5.97 Å². The molecule has 4 aromatic rings. The largest absolute Gasteiger partial charge is 0.545 e. The fourth-order valence-electron chi connectivity index (χ4n) is 2.64. The Morgan fingerprint density at radius 3 is 2.68 bits per heavy atom. The summed E-state index contributed by atoms with van der Waals surface area (Å²) in [5.41, 5.74) is 2.30. The zero-order chi connectivity index (χ0) is 19.5. The molecule has 0 atom stereocenters. The number of hydrogen-bond acceptors (Lipinski definition) is 7. The van der Waals surface area contributed by atoms with Crippen LogP contribution in [0.2, 0.25) is 0 Å². The molecule has 0 saturated carbocycles. The van der Waals surface area contributed by atoms with Crippen molar-refractivity contribution in [2.75, 3.05) is 11.1 Å². The van der Waals surface area contributed by atoms with E-state index >= 15 is 0 Å². The number of thioether (sulfide) groups is 1. The standard InChI is InChI=1S/C19H14N4O4S/c24-16(21-12-7-5-11(6-8-12)18(25)26)10-28-19-23-22-17(27-19)14-9-20-15-4-2-1-3-13(14)15/h1-9,20H,10H2,(H,21,24)(H,25,26)/p-1. The van der Waals surface area contributed by atoms with Crippen LogP contribution >= 0.6 is 11.8 Å². The van der Waals surface area contributed by atoms with Crippen LogP contribution < -0.4 is 10.4 Å². The Hall–Kier alpha value is -3.59. The van der Waals surface area contributed by atoms with Gasteiger partial charge in [0.05, 0.1) is 17.3 Å². The summed E-state index contributed by atoms with van der Waals surface area (Å²) in [5.74, 6) is -1.11. The molecule has 140 valence electrons. The van der Waals surface area contributed by atoms with E-state index in [-0.39, 0.29) is 22.4 Å². The maximum absolute atomic E-state index is 12.1. The lowest BCUT2D eigenvalue weighted by molar-refractivity contribution is -0.255. The van der Waals surface area contributed by atoms with Crippen LogP contribution in [0.4, 0.5) is 5.69 Å². The van der Waals surface area contributed by atoms with Gasteiger partial charge in [0.2, 0.25) is 5.91 Å². The minimum Gasteiger partial charge on any atom is -0.545 e. The Balaban J connectivity index is 1.38. The number of carboxylic acids is 1. The first kappa shape index (κ1) is 17.8. The number of H-pyrrole nitrogens is 1. The van der Waals surface area contributed by atoms with Crippen LogP contribution in [-0.2, 0) is 4.79 Å². The van der Waals surface area contributed by atoms with Crippen molar-refractivity contribution in [3.63, 3.8) is 0 Å². The number of amides is 1. The molecule has 0 fully saturated rings. The molecule has 1 amide bonds. The molecule has 0 radical (unpaired) electrons. The average Bonchev–Trinajstić information content (AvgIpc) is 3.33. The monoisotopic (exact) mass is 393 g/mol. The maximum Gasteiger partial charge on any atom is 0.277 e. The lowest BCUT2D eigenvalue weighted by atomic mass is 10.2. The number of benzene rings is 2. The summed E-state index contributed by atoms with van der Waals surface area (Å²) in [4.78, 5) is 25.9. The lowest BCUT2D eigenvalue weighted by Crippen LogP contribution is -2.22. The number of carboxylic acid groups (broad SMARTS) is 1. The number of rotatable bonds is 6. The van der Waals surface area contributed by atoms with Crippen molar-refractivity contribution in [1.29, 1.82) is 0 Å². The second-order valence-corrected chi connectivity index (χ2v) is 6.75. The number of carbonyl (C=O) groups excluding carboxylic acids is 2. The van der Waals surface area contributed by atoms with Crippen molar-refractivity contribution < 1.29 is 19.1 Å².